The highest BCUT2D eigenvalue weighted by molar-refractivity contribution is 5.81. The molecule has 1 heterocycles. The zero-order valence-corrected chi connectivity index (χ0v) is 7.10. The van der Waals surface area contributed by atoms with Gasteiger partial charge in [0.1, 0.15) is 11.2 Å². The van der Waals surface area contributed by atoms with Crippen LogP contribution in [0.25, 0.3) is 0 Å². The highest BCUT2D eigenvalue weighted by Gasteiger charge is 2.48. The van der Waals surface area contributed by atoms with Crippen LogP contribution in [0.15, 0.2) is 18.5 Å². The van der Waals surface area contributed by atoms with Crippen LogP contribution in [0.2, 0.25) is 0 Å². The third-order valence-corrected chi connectivity index (χ3v) is 2.61. The quantitative estimate of drug-likeness (QED) is 0.733. The maximum atomic E-state index is 11.0. The second kappa shape index (κ2) is 2.80. The molecule has 13 heavy (non-hydrogen) atoms. The fourth-order valence-electron chi connectivity index (χ4n) is 1.61. The fraction of sp³-hybridized carbons (Fsp3) is 0.444. The van der Waals surface area contributed by atoms with E-state index in [9.17, 15) is 4.79 Å². The molecule has 2 rings (SSSR count). The topological polar surface area (TPSA) is 63.1 Å². The number of carbonyl (C=O) groups is 1. The van der Waals surface area contributed by atoms with Crippen molar-refractivity contribution in [2.75, 3.05) is 0 Å². The maximum Gasteiger partial charge on any atom is 0.317 e. The van der Waals surface area contributed by atoms with Gasteiger partial charge in [-0.05, 0) is 18.9 Å². The third kappa shape index (κ3) is 1.09. The standard InChI is InChI=1S/C9H10N2O2/c12-8(13)9(3-1-4-9)7-10-5-2-6-11-7/h2,5-6H,1,3-4H2,(H,12,13). The minimum Gasteiger partial charge on any atom is -0.480 e. The third-order valence-electron chi connectivity index (χ3n) is 2.61. The van der Waals surface area contributed by atoms with E-state index in [0.29, 0.717) is 18.7 Å². The van der Waals surface area contributed by atoms with Crippen LogP contribution in [0.5, 0.6) is 0 Å². The summed E-state index contributed by atoms with van der Waals surface area (Å²) in [5, 5.41) is 9.06. The van der Waals surface area contributed by atoms with Crippen LogP contribution >= 0.6 is 0 Å². The summed E-state index contributed by atoms with van der Waals surface area (Å²) in [5.41, 5.74) is -0.790. The van der Waals surface area contributed by atoms with Gasteiger partial charge in [0.25, 0.3) is 0 Å². The van der Waals surface area contributed by atoms with Crippen molar-refractivity contribution in [3.63, 3.8) is 0 Å². The first-order valence-electron chi connectivity index (χ1n) is 4.27. The molecule has 4 nitrogen and oxygen atoms in total. The number of rotatable bonds is 2. The fourth-order valence-corrected chi connectivity index (χ4v) is 1.61. The molecule has 1 aromatic rings. The molecular weight excluding hydrogens is 168 g/mol. The Bertz CT molecular complexity index is 320. The monoisotopic (exact) mass is 178 g/mol. The summed E-state index contributed by atoms with van der Waals surface area (Å²) in [6.07, 6.45) is 5.44. The number of hydrogen-bond donors (Lipinski definition) is 1. The Hall–Kier alpha value is -1.45. The van der Waals surface area contributed by atoms with Crippen molar-refractivity contribution in [2.45, 2.75) is 24.7 Å². The lowest BCUT2D eigenvalue weighted by Gasteiger charge is -2.35. The molecule has 0 aromatic carbocycles. The highest BCUT2D eigenvalue weighted by Crippen LogP contribution is 2.41. The molecule has 0 amide bonds. The van der Waals surface area contributed by atoms with E-state index < -0.39 is 11.4 Å². The van der Waals surface area contributed by atoms with E-state index in [4.69, 9.17) is 5.11 Å². The lowest BCUT2D eigenvalue weighted by Crippen LogP contribution is -2.43. The summed E-state index contributed by atoms with van der Waals surface area (Å²) >= 11 is 0. The first-order chi connectivity index (χ1) is 6.26. The summed E-state index contributed by atoms with van der Waals surface area (Å²) in [5.74, 6) is -0.348. The number of carboxylic acid groups (broad SMARTS) is 1. The smallest absolute Gasteiger partial charge is 0.317 e. The van der Waals surface area contributed by atoms with E-state index in [0.717, 1.165) is 6.42 Å². The normalized spacial score (nSPS) is 19.1. The van der Waals surface area contributed by atoms with E-state index in [-0.39, 0.29) is 0 Å². The Morgan fingerprint density at radius 2 is 2.00 bits per heavy atom. The van der Waals surface area contributed by atoms with Crippen LogP contribution in [0.1, 0.15) is 25.1 Å². The van der Waals surface area contributed by atoms with Gasteiger partial charge < -0.3 is 5.11 Å². The second-order valence-corrected chi connectivity index (χ2v) is 3.31. The molecule has 1 aliphatic rings. The van der Waals surface area contributed by atoms with Gasteiger partial charge in [-0.3, -0.25) is 4.79 Å². The van der Waals surface area contributed by atoms with Gasteiger partial charge in [-0.2, -0.15) is 0 Å². The van der Waals surface area contributed by atoms with Crippen molar-refractivity contribution in [3.05, 3.63) is 24.3 Å². The average Bonchev–Trinajstić information content (AvgIpc) is 2.03. The molecule has 1 fully saturated rings. The van der Waals surface area contributed by atoms with E-state index in [1.165, 1.54) is 0 Å². The molecule has 0 radical (unpaired) electrons. The van der Waals surface area contributed by atoms with Gasteiger partial charge >= 0.3 is 5.97 Å². The number of nitrogens with zero attached hydrogens (tertiary/aromatic N) is 2. The van der Waals surface area contributed by atoms with Gasteiger partial charge in [0.05, 0.1) is 0 Å². The Morgan fingerprint density at radius 3 is 2.38 bits per heavy atom. The molecule has 0 unspecified atom stereocenters. The SMILES string of the molecule is O=C(O)C1(c2ncccn2)CCC1. The molecule has 0 aliphatic heterocycles. The van der Waals surface area contributed by atoms with Gasteiger partial charge in [-0.1, -0.05) is 6.42 Å². The average molecular weight is 178 g/mol. The van der Waals surface area contributed by atoms with Crippen molar-refractivity contribution in [3.8, 4) is 0 Å². The van der Waals surface area contributed by atoms with Crippen molar-refractivity contribution >= 4 is 5.97 Å². The number of carboxylic acids is 1. The molecule has 0 spiro atoms. The lowest BCUT2D eigenvalue weighted by molar-refractivity contribution is -0.147. The molecule has 1 N–H and O–H groups in total. The molecule has 68 valence electrons. The molecule has 1 saturated carbocycles. The lowest BCUT2D eigenvalue weighted by atomic mass is 9.68. The Morgan fingerprint density at radius 1 is 1.38 bits per heavy atom. The van der Waals surface area contributed by atoms with E-state index in [1.54, 1.807) is 18.5 Å². The van der Waals surface area contributed by atoms with Crippen molar-refractivity contribution in [2.24, 2.45) is 0 Å². The molecular formula is C9H10N2O2. The van der Waals surface area contributed by atoms with Gasteiger partial charge in [0.2, 0.25) is 0 Å². The van der Waals surface area contributed by atoms with Crippen LogP contribution in [-0.2, 0) is 10.2 Å². The minimum atomic E-state index is -0.801. The highest BCUT2D eigenvalue weighted by atomic mass is 16.4. The molecule has 1 aromatic heterocycles. The molecule has 0 saturated heterocycles. The van der Waals surface area contributed by atoms with E-state index in [1.807, 2.05) is 0 Å². The van der Waals surface area contributed by atoms with Crippen LogP contribution < -0.4 is 0 Å². The largest absolute Gasteiger partial charge is 0.480 e. The summed E-state index contributed by atoms with van der Waals surface area (Å²) in [6, 6.07) is 1.69. The second-order valence-electron chi connectivity index (χ2n) is 3.31. The summed E-state index contributed by atoms with van der Waals surface area (Å²) in [7, 11) is 0. The Labute approximate surface area is 75.6 Å². The molecule has 1 aliphatic carbocycles. The van der Waals surface area contributed by atoms with Crippen LogP contribution in [-0.4, -0.2) is 21.0 Å². The zero-order chi connectivity index (χ0) is 9.31. The van der Waals surface area contributed by atoms with Crippen LogP contribution in [0.3, 0.4) is 0 Å². The maximum absolute atomic E-state index is 11.0. The number of aromatic nitrogens is 2. The summed E-state index contributed by atoms with van der Waals surface area (Å²) in [6.45, 7) is 0. The predicted molar refractivity (Wildman–Crippen MR) is 45.2 cm³/mol. The molecule has 0 atom stereocenters. The van der Waals surface area contributed by atoms with E-state index in [2.05, 4.69) is 9.97 Å². The number of hydrogen-bond acceptors (Lipinski definition) is 3. The predicted octanol–water partition coefficient (Wildman–Crippen LogP) is 0.983. The van der Waals surface area contributed by atoms with E-state index >= 15 is 0 Å². The first-order valence-corrected chi connectivity index (χ1v) is 4.27. The first kappa shape index (κ1) is 8.16. The Balaban J connectivity index is 2.38. The minimum absolute atomic E-state index is 0.453. The Kier molecular flexibility index (Phi) is 1.76. The van der Waals surface area contributed by atoms with Crippen LogP contribution in [0.4, 0.5) is 0 Å². The summed E-state index contributed by atoms with van der Waals surface area (Å²) < 4.78 is 0. The van der Waals surface area contributed by atoms with Crippen molar-refractivity contribution < 1.29 is 9.90 Å². The summed E-state index contributed by atoms with van der Waals surface area (Å²) in [4.78, 5) is 19.0. The van der Waals surface area contributed by atoms with Crippen molar-refractivity contribution in [1.29, 1.82) is 0 Å². The molecule has 4 heteroatoms. The molecule has 0 bridgehead atoms. The zero-order valence-electron chi connectivity index (χ0n) is 7.10. The van der Waals surface area contributed by atoms with Gasteiger partial charge in [0.15, 0.2) is 0 Å². The van der Waals surface area contributed by atoms with Gasteiger partial charge in [-0.25, -0.2) is 9.97 Å². The van der Waals surface area contributed by atoms with Gasteiger partial charge in [0, 0.05) is 12.4 Å². The van der Waals surface area contributed by atoms with Crippen molar-refractivity contribution in [1.82, 2.24) is 9.97 Å². The van der Waals surface area contributed by atoms with Crippen LogP contribution in [0, 0.1) is 0 Å². The number of aliphatic carboxylic acids is 1. The van der Waals surface area contributed by atoms with Gasteiger partial charge in [-0.15, -0.1) is 0 Å².